The molecule has 2 N–H and O–H groups in total. The Labute approximate surface area is 154 Å². The number of carbonyl (C=O) groups excluding carboxylic acids is 2. The van der Waals surface area contributed by atoms with Crippen LogP contribution in [0.15, 0.2) is 42.5 Å². The Balaban J connectivity index is 1.53. The summed E-state index contributed by atoms with van der Waals surface area (Å²) in [6.45, 7) is 0. The standard InChI is InChI=1S/C20H19F3N2O2/c21-15-10-11-16(18(23)17(15)22)25-20(27)13-8-6-12(7-9-13)19(26)24-14-4-2-1-3-5-14/h1-5,10-13H,6-9H2,(H,24,26)(H,25,27). The van der Waals surface area contributed by atoms with Crippen LogP contribution in [0.1, 0.15) is 25.7 Å². The molecule has 0 aromatic heterocycles. The van der Waals surface area contributed by atoms with Gasteiger partial charge in [-0.05, 0) is 49.9 Å². The van der Waals surface area contributed by atoms with Crippen molar-refractivity contribution in [3.63, 3.8) is 0 Å². The maximum atomic E-state index is 13.7. The van der Waals surface area contributed by atoms with Crippen LogP contribution in [0.3, 0.4) is 0 Å². The highest BCUT2D eigenvalue weighted by Crippen LogP contribution is 2.31. The molecule has 0 bridgehead atoms. The number of carbonyl (C=O) groups is 2. The van der Waals surface area contributed by atoms with E-state index in [1.54, 1.807) is 12.1 Å². The lowest BCUT2D eigenvalue weighted by molar-refractivity contribution is -0.125. The summed E-state index contributed by atoms with van der Waals surface area (Å²) in [5, 5.41) is 5.16. The minimum atomic E-state index is -1.62. The van der Waals surface area contributed by atoms with Gasteiger partial charge in [0.05, 0.1) is 5.69 Å². The van der Waals surface area contributed by atoms with Crippen molar-refractivity contribution < 1.29 is 22.8 Å². The molecule has 0 radical (unpaired) electrons. The number of amides is 2. The highest BCUT2D eigenvalue weighted by atomic mass is 19.2. The topological polar surface area (TPSA) is 58.2 Å². The predicted molar refractivity (Wildman–Crippen MR) is 95.5 cm³/mol. The van der Waals surface area contributed by atoms with Gasteiger partial charge in [-0.15, -0.1) is 0 Å². The quantitative estimate of drug-likeness (QED) is 0.773. The van der Waals surface area contributed by atoms with E-state index < -0.39 is 29.3 Å². The number of benzene rings is 2. The van der Waals surface area contributed by atoms with E-state index in [0.717, 1.165) is 17.8 Å². The Hall–Kier alpha value is -2.83. The zero-order chi connectivity index (χ0) is 19.4. The SMILES string of the molecule is O=C(Nc1ccccc1)C1CCC(C(=O)Nc2ccc(F)c(F)c2F)CC1. The van der Waals surface area contributed by atoms with Gasteiger partial charge < -0.3 is 10.6 Å². The minimum absolute atomic E-state index is 0.0910. The van der Waals surface area contributed by atoms with Gasteiger partial charge >= 0.3 is 0 Å². The molecular weight excluding hydrogens is 357 g/mol. The first-order valence-corrected chi connectivity index (χ1v) is 8.76. The molecule has 1 aliphatic rings. The van der Waals surface area contributed by atoms with Crippen LogP contribution in [0.4, 0.5) is 24.5 Å². The molecule has 2 aromatic carbocycles. The van der Waals surface area contributed by atoms with Gasteiger partial charge in [0.2, 0.25) is 11.8 Å². The second kappa shape index (κ2) is 8.24. The lowest BCUT2D eigenvalue weighted by atomic mass is 9.81. The van der Waals surface area contributed by atoms with E-state index in [1.165, 1.54) is 0 Å². The Bertz CT molecular complexity index is 835. The van der Waals surface area contributed by atoms with E-state index in [9.17, 15) is 22.8 Å². The lowest BCUT2D eigenvalue weighted by Gasteiger charge is -2.27. The Morgan fingerprint density at radius 3 is 1.89 bits per heavy atom. The molecular formula is C20H19F3N2O2. The molecule has 0 spiro atoms. The number of hydrogen-bond donors (Lipinski definition) is 2. The summed E-state index contributed by atoms with van der Waals surface area (Å²) in [6.07, 6.45) is 1.97. The number of anilines is 2. The summed E-state index contributed by atoms with van der Waals surface area (Å²) < 4.78 is 39.9. The average Bonchev–Trinajstić information content (AvgIpc) is 2.69. The highest BCUT2D eigenvalue weighted by Gasteiger charge is 2.30. The van der Waals surface area contributed by atoms with E-state index in [0.29, 0.717) is 25.7 Å². The van der Waals surface area contributed by atoms with Crippen molar-refractivity contribution in [2.45, 2.75) is 25.7 Å². The van der Waals surface area contributed by atoms with Crippen LogP contribution >= 0.6 is 0 Å². The maximum Gasteiger partial charge on any atom is 0.227 e. The van der Waals surface area contributed by atoms with Crippen molar-refractivity contribution in [2.75, 3.05) is 10.6 Å². The molecule has 4 nitrogen and oxygen atoms in total. The Kier molecular flexibility index (Phi) is 5.78. The van der Waals surface area contributed by atoms with Gasteiger partial charge in [-0.25, -0.2) is 13.2 Å². The van der Waals surface area contributed by atoms with Gasteiger partial charge in [-0.2, -0.15) is 0 Å². The predicted octanol–water partition coefficient (Wildman–Crippen LogP) is 4.49. The van der Waals surface area contributed by atoms with Crippen LogP contribution in [-0.2, 0) is 9.59 Å². The van der Waals surface area contributed by atoms with Crippen molar-refractivity contribution >= 4 is 23.2 Å². The van der Waals surface area contributed by atoms with Gasteiger partial charge in [0.25, 0.3) is 0 Å². The second-order valence-electron chi connectivity index (χ2n) is 6.62. The molecule has 1 aliphatic carbocycles. The summed E-state index contributed by atoms with van der Waals surface area (Å²) in [6, 6.07) is 10.9. The van der Waals surface area contributed by atoms with Crippen molar-refractivity contribution in [3.05, 3.63) is 59.9 Å². The molecule has 2 amide bonds. The largest absolute Gasteiger partial charge is 0.326 e. The van der Waals surface area contributed by atoms with E-state index in [-0.39, 0.29) is 17.5 Å². The van der Waals surface area contributed by atoms with Crippen LogP contribution < -0.4 is 10.6 Å². The first-order chi connectivity index (χ1) is 13.0. The fourth-order valence-electron chi connectivity index (χ4n) is 3.24. The third-order valence-corrected chi connectivity index (χ3v) is 4.80. The van der Waals surface area contributed by atoms with E-state index in [4.69, 9.17) is 0 Å². The first-order valence-electron chi connectivity index (χ1n) is 8.76. The first kappa shape index (κ1) is 18.9. The van der Waals surface area contributed by atoms with Crippen LogP contribution in [-0.4, -0.2) is 11.8 Å². The molecule has 0 unspecified atom stereocenters. The summed E-state index contributed by atoms with van der Waals surface area (Å²) in [5.74, 6) is -5.50. The summed E-state index contributed by atoms with van der Waals surface area (Å²) in [5.41, 5.74) is 0.332. The summed E-state index contributed by atoms with van der Waals surface area (Å²) >= 11 is 0. The van der Waals surface area contributed by atoms with Gasteiger partial charge in [-0.1, -0.05) is 18.2 Å². The third-order valence-electron chi connectivity index (χ3n) is 4.80. The zero-order valence-corrected chi connectivity index (χ0v) is 14.5. The smallest absolute Gasteiger partial charge is 0.227 e. The maximum absolute atomic E-state index is 13.7. The molecule has 1 fully saturated rings. The molecule has 3 rings (SSSR count). The molecule has 7 heteroatoms. The van der Waals surface area contributed by atoms with E-state index >= 15 is 0 Å². The molecule has 1 saturated carbocycles. The average molecular weight is 376 g/mol. The van der Waals surface area contributed by atoms with Crippen LogP contribution in [0.25, 0.3) is 0 Å². The van der Waals surface area contributed by atoms with Crippen LogP contribution in [0.2, 0.25) is 0 Å². The van der Waals surface area contributed by atoms with Crippen LogP contribution in [0, 0.1) is 29.3 Å². The Morgan fingerprint density at radius 1 is 0.741 bits per heavy atom. The van der Waals surface area contributed by atoms with E-state index in [1.807, 2.05) is 18.2 Å². The summed E-state index contributed by atoms with van der Waals surface area (Å²) in [7, 11) is 0. The number of para-hydroxylation sites is 1. The Morgan fingerprint density at radius 2 is 1.30 bits per heavy atom. The second-order valence-corrected chi connectivity index (χ2v) is 6.62. The van der Waals surface area contributed by atoms with Crippen molar-refractivity contribution in [1.82, 2.24) is 0 Å². The van der Waals surface area contributed by atoms with E-state index in [2.05, 4.69) is 10.6 Å². The lowest BCUT2D eigenvalue weighted by Crippen LogP contribution is -2.32. The monoisotopic (exact) mass is 376 g/mol. The number of halogens is 3. The number of nitrogens with one attached hydrogen (secondary N) is 2. The molecule has 27 heavy (non-hydrogen) atoms. The number of hydrogen-bond acceptors (Lipinski definition) is 2. The molecule has 0 aliphatic heterocycles. The third kappa shape index (κ3) is 4.48. The van der Waals surface area contributed by atoms with Crippen molar-refractivity contribution in [3.8, 4) is 0 Å². The minimum Gasteiger partial charge on any atom is -0.326 e. The molecule has 0 atom stereocenters. The molecule has 0 saturated heterocycles. The van der Waals surface area contributed by atoms with Crippen molar-refractivity contribution in [2.24, 2.45) is 11.8 Å². The van der Waals surface area contributed by atoms with Gasteiger partial charge in [0, 0.05) is 17.5 Å². The van der Waals surface area contributed by atoms with Gasteiger partial charge in [-0.3, -0.25) is 9.59 Å². The fourth-order valence-corrected chi connectivity index (χ4v) is 3.24. The highest BCUT2D eigenvalue weighted by molar-refractivity contribution is 5.94. The fraction of sp³-hybridized carbons (Fsp3) is 0.300. The molecule has 2 aromatic rings. The molecule has 142 valence electrons. The normalized spacial score (nSPS) is 19.4. The van der Waals surface area contributed by atoms with Gasteiger partial charge in [0.1, 0.15) is 0 Å². The van der Waals surface area contributed by atoms with Crippen molar-refractivity contribution in [1.29, 1.82) is 0 Å². The van der Waals surface area contributed by atoms with Gasteiger partial charge in [0.15, 0.2) is 17.5 Å². The molecule has 0 heterocycles. The zero-order valence-electron chi connectivity index (χ0n) is 14.5. The number of rotatable bonds is 4. The van der Waals surface area contributed by atoms with Crippen LogP contribution in [0.5, 0.6) is 0 Å². The summed E-state index contributed by atoms with van der Waals surface area (Å²) in [4.78, 5) is 24.6.